The number of carbonyl (C=O) groups is 1. The molecule has 1 aromatic carbocycles. The van der Waals surface area contributed by atoms with Crippen LogP contribution in [-0.2, 0) is 4.74 Å². The van der Waals surface area contributed by atoms with Gasteiger partial charge < -0.3 is 14.1 Å². The van der Waals surface area contributed by atoms with Gasteiger partial charge in [0.15, 0.2) is 11.5 Å². The Balaban J connectivity index is 1.79. The summed E-state index contributed by atoms with van der Waals surface area (Å²) in [6.07, 6.45) is 1.57. The van der Waals surface area contributed by atoms with Gasteiger partial charge in [0.1, 0.15) is 5.69 Å². The first-order valence-electron chi connectivity index (χ1n) is 8.17. The van der Waals surface area contributed by atoms with Gasteiger partial charge in [0.25, 0.3) is 5.91 Å². The van der Waals surface area contributed by atoms with Gasteiger partial charge in [0, 0.05) is 13.1 Å². The zero-order valence-electron chi connectivity index (χ0n) is 13.9. The molecule has 1 amide bonds. The van der Waals surface area contributed by atoms with Crippen molar-refractivity contribution in [3.05, 3.63) is 53.9 Å². The highest BCUT2D eigenvalue weighted by Crippen LogP contribution is 2.27. The minimum Gasteiger partial charge on any atom is -0.463 e. The number of furan rings is 1. The summed E-state index contributed by atoms with van der Waals surface area (Å²) in [5.41, 5.74) is 2.82. The van der Waals surface area contributed by atoms with Crippen molar-refractivity contribution in [3.8, 4) is 17.1 Å². The Kier molecular flexibility index (Phi) is 4.07. The van der Waals surface area contributed by atoms with Crippen LogP contribution in [0.3, 0.4) is 0 Å². The summed E-state index contributed by atoms with van der Waals surface area (Å²) in [5.74, 6) is 0.398. The number of hydrogen-bond donors (Lipinski definition) is 0. The van der Waals surface area contributed by atoms with Crippen LogP contribution < -0.4 is 0 Å². The van der Waals surface area contributed by atoms with Gasteiger partial charge in [-0.3, -0.25) is 4.79 Å². The van der Waals surface area contributed by atoms with Crippen molar-refractivity contribution in [1.29, 1.82) is 0 Å². The molecule has 25 heavy (non-hydrogen) atoms. The van der Waals surface area contributed by atoms with Crippen molar-refractivity contribution in [3.63, 3.8) is 0 Å². The van der Waals surface area contributed by atoms with Crippen molar-refractivity contribution in [1.82, 2.24) is 19.9 Å². The molecule has 1 saturated heterocycles. The van der Waals surface area contributed by atoms with E-state index in [1.165, 1.54) is 0 Å². The van der Waals surface area contributed by atoms with E-state index in [2.05, 4.69) is 10.3 Å². The molecule has 3 aromatic rings. The smallest absolute Gasteiger partial charge is 0.277 e. The lowest BCUT2D eigenvalue weighted by Crippen LogP contribution is -2.41. The van der Waals surface area contributed by atoms with Gasteiger partial charge in [-0.05, 0) is 31.2 Å². The fourth-order valence-electron chi connectivity index (χ4n) is 2.84. The molecule has 1 fully saturated rings. The number of amides is 1. The summed E-state index contributed by atoms with van der Waals surface area (Å²) in [7, 11) is 0. The van der Waals surface area contributed by atoms with Crippen molar-refractivity contribution in [2.24, 2.45) is 0 Å². The summed E-state index contributed by atoms with van der Waals surface area (Å²) < 4.78 is 12.5. The molecular formula is C18H18N4O3. The number of morpholine rings is 1. The summed E-state index contributed by atoms with van der Waals surface area (Å²) in [6.45, 7) is 4.19. The van der Waals surface area contributed by atoms with Crippen molar-refractivity contribution >= 4 is 5.91 Å². The average molecular weight is 338 g/mol. The fourth-order valence-corrected chi connectivity index (χ4v) is 2.84. The third-order valence-corrected chi connectivity index (χ3v) is 4.20. The second kappa shape index (κ2) is 6.52. The van der Waals surface area contributed by atoms with Gasteiger partial charge >= 0.3 is 0 Å². The second-order valence-electron chi connectivity index (χ2n) is 5.92. The number of hydrogen-bond acceptors (Lipinski definition) is 5. The molecule has 7 heteroatoms. The van der Waals surface area contributed by atoms with Crippen LogP contribution in [-0.4, -0.2) is 52.1 Å². The van der Waals surface area contributed by atoms with Crippen molar-refractivity contribution < 1.29 is 13.9 Å². The molecule has 0 radical (unpaired) electrons. The molecule has 0 bridgehead atoms. The summed E-state index contributed by atoms with van der Waals surface area (Å²) in [6, 6.07) is 11.5. The van der Waals surface area contributed by atoms with Crippen LogP contribution in [0.5, 0.6) is 0 Å². The zero-order valence-corrected chi connectivity index (χ0v) is 13.9. The maximum Gasteiger partial charge on any atom is 0.277 e. The Bertz CT molecular complexity index is 862. The number of benzene rings is 1. The molecule has 1 aliphatic rings. The Labute approximate surface area is 144 Å². The highest BCUT2D eigenvalue weighted by molar-refractivity contribution is 5.97. The number of ether oxygens (including phenoxy) is 1. The fraction of sp³-hybridized carbons (Fsp3) is 0.278. The Morgan fingerprint density at radius 3 is 2.56 bits per heavy atom. The third kappa shape index (κ3) is 2.94. The molecule has 7 nitrogen and oxygen atoms in total. The molecule has 1 aliphatic heterocycles. The Morgan fingerprint density at radius 2 is 1.88 bits per heavy atom. The first-order valence-corrected chi connectivity index (χ1v) is 8.17. The number of aryl methyl sites for hydroxylation is 1. The van der Waals surface area contributed by atoms with Gasteiger partial charge in [-0.1, -0.05) is 22.9 Å². The lowest BCUT2D eigenvalue weighted by atomic mass is 10.2. The molecule has 3 heterocycles. The van der Waals surface area contributed by atoms with Crippen molar-refractivity contribution in [2.75, 3.05) is 26.3 Å². The summed E-state index contributed by atoms with van der Waals surface area (Å²) in [5, 5.41) is 8.38. The highest BCUT2D eigenvalue weighted by atomic mass is 16.5. The maximum absolute atomic E-state index is 12.9. The molecule has 128 valence electrons. The lowest BCUT2D eigenvalue weighted by Gasteiger charge is -2.26. The van der Waals surface area contributed by atoms with E-state index < -0.39 is 0 Å². The van der Waals surface area contributed by atoms with Crippen LogP contribution in [0, 0.1) is 6.92 Å². The third-order valence-electron chi connectivity index (χ3n) is 4.20. The maximum atomic E-state index is 12.9. The van der Waals surface area contributed by atoms with E-state index in [-0.39, 0.29) is 11.6 Å². The van der Waals surface area contributed by atoms with Crippen molar-refractivity contribution in [2.45, 2.75) is 6.92 Å². The van der Waals surface area contributed by atoms with Crippen LogP contribution in [0.1, 0.15) is 16.1 Å². The van der Waals surface area contributed by atoms with E-state index in [9.17, 15) is 4.79 Å². The molecule has 0 aliphatic carbocycles. The van der Waals surface area contributed by atoms with Gasteiger partial charge in [0.2, 0.25) is 0 Å². The second-order valence-corrected chi connectivity index (χ2v) is 5.92. The number of aromatic nitrogens is 3. The minimum absolute atomic E-state index is 0.159. The highest BCUT2D eigenvalue weighted by Gasteiger charge is 2.28. The predicted octanol–water partition coefficient (Wildman–Crippen LogP) is 2.31. The molecule has 0 atom stereocenters. The van der Waals surface area contributed by atoms with Gasteiger partial charge in [-0.25, -0.2) is 4.68 Å². The molecule has 4 rings (SSSR count). The first-order chi connectivity index (χ1) is 12.2. The largest absolute Gasteiger partial charge is 0.463 e. The van der Waals surface area contributed by atoms with Gasteiger partial charge in [-0.15, -0.1) is 5.10 Å². The molecule has 2 aromatic heterocycles. The van der Waals surface area contributed by atoms with Gasteiger partial charge in [-0.2, -0.15) is 0 Å². The van der Waals surface area contributed by atoms with Crippen LogP contribution >= 0.6 is 0 Å². The predicted molar refractivity (Wildman–Crippen MR) is 90.5 cm³/mol. The average Bonchev–Trinajstić information content (AvgIpc) is 3.32. The normalized spacial score (nSPS) is 14.7. The Morgan fingerprint density at radius 1 is 1.12 bits per heavy atom. The number of rotatable bonds is 3. The molecule has 0 N–H and O–H groups in total. The van der Waals surface area contributed by atoms with Gasteiger partial charge in [0.05, 0.1) is 25.2 Å². The minimum atomic E-state index is -0.159. The molecular weight excluding hydrogens is 320 g/mol. The monoisotopic (exact) mass is 338 g/mol. The van der Waals surface area contributed by atoms with E-state index in [0.717, 1.165) is 11.3 Å². The molecule has 0 unspecified atom stereocenters. The molecule has 0 spiro atoms. The van der Waals surface area contributed by atoms with Crippen LogP contribution in [0.15, 0.2) is 47.1 Å². The van der Waals surface area contributed by atoms with Crippen LogP contribution in [0.25, 0.3) is 17.1 Å². The molecule has 0 saturated carbocycles. The Hall–Kier alpha value is -2.93. The summed E-state index contributed by atoms with van der Waals surface area (Å²) in [4.78, 5) is 14.7. The summed E-state index contributed by atoms with van der Waals surface area (Å²) >= 11 is 0. The van der Waals surface area contributed by atoms with Crippen LogP contribution in [0.4, 0.5) is 0 Å². The lowest BCUT2D eigenvalue weighted by molar-refractivity contribution is 0.0299. The number of nitrogens with zero attached hydrogens (tertiary/aromatic N) is 4. The van der Waals surface area contributed by atoms with E-state index in [0.29, 0.717) is 37.8 Å². The topological polar surface area (TPSA) is 73.4 Å². The van der Waals surface area contributed by atoms with E-state index >= 15 is 0 Å². The first kappa shape index (κ1) is 15.6. The van der Waals surface area contributed by atoms with E-state index in [4.69, 9.17) is 9.15 Å². The number of carbonyl (C=O) groups excluding carboxylic acids is 1. The zero-order chi connectivity index (χ0) is 17.2. The SMILES string of the molecule is Cc1ccc(-n2nnc(C(=O)N3CCOCC3)c2-c2ccco2)cc1. The standard InChI is InChI=1S/C18H18N4O3/c1-13-4-6-14(7-5-13)22-17(15-3-2-10-25-15)16(19-20-22)18(23)21-8-11-24-12-9-21/h2-7,10H,8-9,11-12H2,1H3. The van der Waals surface area contributed by atoms with E-state index in [1.807, 2.05) is 31.2 Å². The quantitative estimate of drug-likeness (QED) is 0.733. The van der Waals surface area contributed by atoms with Crippen LogP contribution in [0.2, 0.25) is 0 Å². The van der Waals surface area contributed by atoms with E-state index in [1.54, 1.807) is 28.0 Å².